The highest BCUT2D eigenvalue weighted by atomic mass is 17.1. The quantitative estimate of drug-likeness (QED) is 0.113. The van der Waals surface area contributed by atoms with E-state index in [1.54, 1.807) is 16.7 Å². The lowest BCUT2D eigenvalue weighted by Gasteiger charge is -2.17. The van der Waals surface area contributed by atoms with Crippen LogP contribution >= 0.6 is 0 Å². The molecule has 0 unspecified atom stereocenters. The van der Waals surface area contributed by atoms with E-state index < -0.39 is 28.7 Å². The second kappa shape index (κ2) is 14.8. The highest BCUT2D eigenvalue weighted by Gasteiger charge is 2.33. The van der Waals surface area contributed by atoms with Crippen molar-refractivity contribution in [2.75, 3.05) is 6.61 Å². The number of esters is 1. The molecule has 5 aromatic rings. The number of nitrogens with zero attached hydrogens (tertiary/aromatic N) is 7. The lowest BCUT2D eigenvalue weighted by molar-refractivity contribution is -0.491. The summed E-state index contributed by atoms with van der Waals surface area (Å²) in [5.41, 5.74) is 1.79. The third kappa shape index (κ3) is 8.22. The van der Waals surface area contributed by atoms with Crippen molar-refractivity contribution in [3.8, 4) is 22.5 Å². The number of hydrogen-bond donors (Lipinski definition) is 3. The van der Waals surface area contributed by atoms with Gasteiger partial charge in [-0.15, -0.1) is 10.2 Å². The van der Waals surface area contributed by atoms with Gasteiger partial charge in [0.15, 0.2) is 23.8 Å². The monoisotopic (exact) mass is 677 g/mol. The van der Waals surface area contributed by atoms with Gasteiger partial charge in [-0.2, -0.15) is 0 Å². The molecule has 17 heteroatoms. The van der Waals surface area contributed by atoms with Crippen molar-refractivity contribution in [2.24, 2.45) is 0 Å². The van der Waals surface area contributed by atoms with Gasteiger partial charge in [0, 0.05) is 18.5 Å². The van der Waals surface area contributed by atoms with E-state index >= 15 is 0 Å². The molecule has 0 aliphatic heterocycles. The highest BCUT2D eigenvalue weighted by molar-refractivity contribution is 5.89. The maximum atomic E-state index is 13.6. The molecule has 2 aromatic carbocycles. The molecule has 0 bridgehead atoms. The molecule has 0 spiro atoms. The van der Waals surface area contributed by atoms with Crippen LogP contribution in [0.4, 0.5) is 0 Å². The summed E-state index contributed by atoms with van der Waals surface area (Å²) >= 11 is 0. The fourth-order valence-electron chi connectivity index (χ4n) is 5.07. The zero-order valence-corrected chi connectivity index (χ0v) is 27.2. The van der Waals surface area contributed by atoms with E-state index in [1.165, 1.54) is 20.8 Å². The predicted octanol–water partition coefficient (Wildman–Crippen LogP) is 3.69. The van der Waals surface area contributed by atoms with Crippen molar-refractivity contribution in [2.45, 2.75) is 65.7 Å². The fraction of sp³-hybridized carbons (Fsp3) is 0.344. The molecule has 0 atom stereocenters. The molecule has 0 fully saturated rings. The van der Waals surface area contributed by atoms with Gasteiger partial charge >= 0.3 is 11.8 Å². The minimum Gasteiger partial charge on any atom is -0.453 e. The van der Waals surface area contributed by atoms with Crippen LogP contribution in [0.2, 0.25) is 0 Å². The second-order valence-electron chi connectivity index (χ2n) is 11.5. The predicted molar refractivity (Wildman–Crippen MR) is 167 cm³/mol. The average Bonchev–Trinajstić information content (AvgIpc) is 3.77. The van der Waals surface area contributed by atoms with E-state index in [2.05, 4.69) is 25.2 Å². The number of hydrogen-bond acceptors (Lipinski definition) is 15. The fourth-order valence-corrected chi connectivity index (χ4v) is 5.07. The number of ether oxygens (including phenoxy) is 1. The summed E-state index contributed by atoms with van der Waals surface area (Å²) in [5.74, 6) is -1.15. The van der Waals surface area contributed by atoms with Crippen LogP contribution in [-0.4, -0.2) is 69.2 Å². The van der Waals surface area contributed by atoms with Crippen LogP contribution in [0.25, 0.3) is 22.5 Å². The summed E-state index contributed by atoms with van der Waals surface area (Å²) in [6.07, 6.45) is 1.03. The van der Waals surface area contributed by atoms with Crippen molar-refractivity contribution < 1.29 is 43.5 Å². The molecule has 3 heterocycles. The first-order valence-electron chi connectivity index (χ1n) is 15.3. The molecular formula is C32H35N7O10. The number of rotatable bonds is 14. The van der Waals surface area contributed by atoms with Gasteiger partial charge in [0.1, 0.15) is 17.1 Å². The van der Waals surface area contributed by atoms with Gasteiger partial charge in [0.2, 0.25) is 5.82 Å². The molecule has 3 aromatic heterocycles. The zero-order valence-electron chi connectivity index (χ0n) is 27.2. The number of aryl methyl sites for hydroxylation is 2. The van der Waals surface area contributed by atoms with Gasteiger partial charge in [0.05, 0.1) is 18.4 Å². The van der Waals surface area contributed by atoms with Crippen molar-refractivity contribution in [3.05, 3.63) is 93.4 Å². The van der Waals surface area contributed by atoms with Crippen LogP contribution in [0.1, 0.15) is 77.5 Å². The third-order valence-corrected chi connectivity index (χ3v) is 7.40. The lowest BCUT2D eigenvalue weighted by atomic mass is 9.98. The van der Waals surface area contributed by atoms with Crippen LogP contribution in [0.15, 0.2) is 62.2 Å². The van der Waals surface area contributed by atoms with Gasteiger partial charge < -0.3 is 23.2 Å². The summed E-state index contributed by atoms with van der Waals surface area (Å²) in [6, 6.07) is 14.9. The summed E-state index contributed by atoms with van der Waals surface area (Å²) in [7, 11) is 0. The third-order valence-electron chi connectivity index (χ3n) is 7.40. The Morgan fingerprint density at radius 1 is 1.04 bits per heavy atom. The van der Waals surface area contributed by atoms with Crippen molar-refractivity contribution >= 4 is 11.9 Å². The number of aliphatic hydroxyl groups is 1. The Kier molecular flexibility index (Phi) is 10.6. The van der Waals surface area contributed by atoms with Crippen molar-refractivity contribution in [1.29, 1.82) is 0 Å². The first-order valence-corrected chi connectivity index (χ1v) is 15.3. The Balaban J connectivity index is 1.41. The summed E-state index contributed by atoms with van der Waals surface area (Å²) < 4.78 is 17.1. The average molecular weight is 678 g/mol. The number of carbonyl (C=O) groups excluding carboxylic acids is 2. The smallest absolute Gasteiger partial charge is 0.453 e. The molecule has 17 nitrogen and oxygen atoms in total. The second-order valence-corrected chi connectivity index (χ2v) is 11.5. The van der Waals surface area contributed by atoms with Crippen LogP contribution < -0.4 is 5.82 Å². The van der Waals surface area contributed by atoms with Gasteiger partial charge in [-0.05, 0) is 49.1 Å². The van der Waals surface area contributed by atoms with Crippen molar-refractivity contribution in [1.82, 2.24) is 35.1 Å². The number of imidazole rings is 1. The lowest BCUT2D eigenvalue weighted by Crippen LogP contribution is -2.23. The first-order chi connectivity index (χ1) is 23.3. The minimum absolute atomic E-state index is 0.0779. The van der Waals surface area contributed by atoms with E-state index in [4.69, 9.17) is 24.0 Å². The molecular weight excluding hydrogens is 642 g/mol. The van der Waals surface area contributed by atoms with Crippen LogP contribution in [-0.2, 0) is 34.7 Å². The van der Waals surface area contributed by atoms with Crippen LogP contribution in [0.3, 0.4) is 0 Å². The number of tetrazole rings is 1. The van der Waals surface area contributed by atoms with Gasteiger partial charge in [0.25, 0.3) is 5.91 Å². The number of benzene rings is 2. The molecule has 0 amide bonds. The minimum atomic E-state index is -1.47. The topological polar surface area (TPSA) is 221 Å². The molecule has 0 aliphatic rings. The molecule has 0 saturated carbocycles. The normalized spacial score (nSPS) is 11.8. The Labute approximate surface area is 278 Å². The first kappa shape index (κ1) is 35.0. The largest absolute Gasteiger partial charge is 0.519 e. The standard InChI is InChI=1S/C32H35N7O10/c1-5-8-25-33-28(32(3,4)43)27(30(41)46-18-24-19(2)48-31(42)49-24)37(25)17-20-11-13-21(14-12-20)22-9-6-7-10-23(22)29-34-36-38(35-29)26(40)15-16-47-39(44)45/h6-7,9-14,43-45H,5,8,15-18H2,1-4H3. The van der Waals surface area contributed by atoms with Crippen LogP contribution in [0.5, 0.6) is 0 Å². The zero-order chi connectivity index (χ0) is 35.3. The maximum Gasteiger partial charge on any atom is 0.519 e. The van der Waals surface area contributed by atoms with E-state index in [1.807, 2.05) is 43.3 Å². The molecule has 0 aliphatic carbocycles. The Morgan fingerprint density at radius 2 is 1.76 bits per heavy atom. The van der Waals surface area contributed by atoms with E-state index in [0.29, 0.717) is 17.8 Å². The summed E-state index contributed by atoms with van der Waals surface area (Å²) in [5, 5.41) is 39.8. The molecule has 49 heavy (non-hydrogen) atoms. The Bertz CT molecular complexity index is 1980. The van der Waals surface area contributed by atoms with E-state index in [9.17, 15) is 19.5 Å². The Morgan fingerprint density at radius 3 is 2.39 bits per heavy atom. The van der Waals surface area contributed by atoms with Gasteiger partial charge in [-0.25, -0.2) is 14.6 Å². The highest BCUT2D eigenvalue weighted by Crippen LogP contribution is 2.31. The van der Waals surface area contributed by atoms with Crippen LogP contribution in [0, 0.1) is 6.92 Å². The molecule has 0 radical (unpaired) electrons. The molecule has 0 saturated heterocycles. The number of carbonyl (C=O) groups is 2. The van der Waals surface area contributed by atoms with Gasteiger partial charge in [-0.3, -0.25) is 20.0 Å². The molecule has 5 rings (SSSR count). The SMILES string of the molecule is CCCc1nc(C(C)(C)O)c(C(=O)OCc2oc(=O)oc2C)n1Cc1ccc(-c2ccccc2-c2nnn(C(=O)CCON(O)O)n2)cc1. The Hall–Kier alpha value is -5.33. The maximum absolute atomic E-state index is 13.6. The molecule has 3 N–H and O–H groups in total. The van der Waals surface area contributed by atoms with E-state index in [0.717, 1.165) is 27.9 Å². The summed E-state index contributed by atoms with van der Waals surface area (Å²) in [6.45, 7) is 6.16. The number of aromatic nitrogens is 6. The molecule has 258 valence electrons. The van der Waals surface area contributed by atoms with E-state index in [-0.39, 0.29) is 54.9 Å². The summed E-state index contributed by atoms with van der Waals surface area (Å²) in [4.78, 5) is 47.3. The van der Waals surface area contributed by atoms with Crippen molar-refractivity contribution in [3.63, 3.8) is 0 Å². The van der Waals surface area contributed by atoms with Gasteiger partial charge in [-0.1, -0.05) is 60.3 Å².